The van der Waals surface area contributed by atoms with Gasteiger partial charge in [-0.15, -0.1) is 0 Å². The Morgan fingerprint density at radius 3 is 2.47 bits per heavy atom. The molecule has 17 heavy (non-hydrogen) atoms. The van der Waals surface area contributed by atoms with Gasteiger partial charge in [-0.05, 0) is 30.3 Å². The lowest BCUT2D eigenvalue weighted by molar-refractivity contribution is -0.115. The molecule has 1 aliphatic heterocycles. The van der Waals surface area contributed by atoms with Crippen molar-refractivity contribution < 1.29 is 9.59 Å². The Balaban J connectivity index is 2.07. The maximum absolute atomic E-state index is 11.2. The predicted molar refractivity (Wildman–Crippen MR) is 69.4 cm³/mol. The van der Waals surface area contributed by atoms with Crippen molar-refractivity contribution in [3.63, 3.8) is 0 Å². The first kappa shape index (κ1) is 11.7. The van der Waals surface area contributed by atoms with E-state index < -0.39 is 0 Å². The van der Waals surface area contributed by atoms with Crippen molar-refractivity contribution in [2.24, 2.45) is 0 Å². The standard InChI is InChI=1S/C13H11NO2S/c1-9-5-7-10(8-6-9)3-2-4-11-12(15)14-13(16)17-11/h2-8H,1H3,(H,14,15,16)/b3-2+,11-4+. The molecule has 0 aromatic heterocycles. The van der Waals surface area contributed by atoms with Crippen molar-refractivity contribution in [2.75, 3.05) is 0 Å². The first-order chi connectivity index (χ1) is 8.15. The molecular formula is C13H11NO2S. The molecule has 0 atom stereocenters. The Morgan fingerprint density at radius 2 is 1.88 bits per heavy atom. The highest BCUT2D eigenvalue weighted by Crippen LogP contribution is 2.22. The Labute approximate surface area is 104 Å². The van der Waals surface area contributed by atoms with E-state index in [9.17, 15) is 9.59 Å². The minimum absolute atomic E-state index is 0.315. The van der Waals surface area contributed by atoms with Gasteiger partial charge in [0, 0.05) is 0 Å². The maximum Gasteiger partial charge on any atom is 0.290 e. The lowest BCUT2D eigenvalue weighted by atomic mass is 10.1. The number of amides is 2. The quantitative estimate of drug-likeness (QED) is 0.815. The topological polar surface area (TPSA) is 46.2 Å². The van der Waals surface area contributed by atoms with Crippen LogP contribution in [-0.4, -0.2) is 11.1 Å². The van der Waals surface area contributed by atoms with Gasteiger partial charge in [0.15, 0.2) is 0 Å². The van der Waals surface area contributed by atoms with Gasteiger partial charge in [0.05, 0.1) is 4.91 Å². The normalized spacial score (nSPS) is 18.1. The van der Waals surface area contributed by atoms with E-state index in [0.717, 1.165) is 17.3 Å². The summed E-state index contributed by atoms with van der Waals surface area (Å²) in [5.41, 5.74) is 2.26. The smallest absolute Gasteiger partial charge is 0.282 e. The summed E-state index contributed by atoms with van der Waals surface area (Å²) in [6, 6.07) is 8.04. The molecule has 1 fully saturated rings. The second-order valence-electron chi connectivity index (χ2n) is 3.64. The predicted octanol–water partition coefficient (Wildman–Crippen LogP) is 2.88. The zero-order chi connectivity index (χ0) is 12.3. The Bertz CT molecular complexity index is 515. The van der Waals surface area contributed by atoms with Crippen molar-refractivity contribution in [3.8, 4) is 0 Å². The summed E-state index contributed by atoms with van der Waals surface area (Å²) in [6.45, 7) is 2.03. The van der Waals surface area contributed by atoms with Crippen LogP contribution >= 0.6 is 11.8 Å². The summed E-state index contributed by atoms with van der Waals surface area (Å²) < 4.78 is 0. The molecule has 1 N–H and O–H groups in total. The highest BCUT2D eigenvalue weighted by Gasteiger charge is 2.24. The van der Waals surface area contributed by atoms with Crippen LogP contribution in [0.2, 0.25) is 0 Å². The summed E-state index contributed by atoms with van der Waals surface area (Å²) in [6.07, 6.45) is 5.30. The van der Waals surface area contributed by atoms with Gasteiger partial charge < -0.3 is 0 Å². The molecule has 0 spiro atoms. The van der Waals surface area contributed by atoms with E-state index in [-0.39, 0.29) is 11.1 Å². The molecule has 0 saturated carbocycles. The van der Waals surface area contributed by atoms with Crippen LogP contribution in [0, 0.1) is 6.92 Å². The zero-order valence-electron chi connectivity index (χ0n) is 9.27. The SMILES string of the molecule is Cc1ccc(/C=C/C=C2/SC(=O)NC2=O)cc1. The van der Waals surface area contributed by atoms with Crippen molar-refractivity contribution in [2.45, 2.75) is 6.92 Å². The van der Waals surface area contributed by atoms with E-state index in [2.05, 4.69) is 5.32 Å². The summed E-state index contributed by atoms with van der Waals surface area (Å²) in [5.74, 6) is -0.325. The number of aryl methyl sites for hydroxylation is 1. The summed E-state index contributed by atoms with van der Waals surface area (Å²) in [4.78, 5) is 22.5. The van der Waals surface area contributed by atoms with Crippen molar-refractivity contribution >= 4 is 29.0 Å². The first-order valence-electron chi connectivity index (χ1n) is 5.13. The van der Waals surface area contributed by atoms with Gasteiger partial charge in [-0.1, -0.05) is 42.0 Å². The average Bonchev–Trinajstić information content (AvgIpc) is 2.60. The second kappa shape index (κ2) is 5.01. The summed E-state index contributed by atoms with van der Waals surface area (Å²) >= 11 is 0.922. The number of benzene rings is 1. The van der Waals surface area contributed by atoms with Crippen LogP contribution in [-0.2, 0) is 4.79 Å². The first-order valence-corrected chi connectivity index (χ1v) is 5.95. The van der Waals surface area contributed by atoms with Crippen molar-refractivity contribution in [3.05, 3.63) is 52.4 Å². The van der Waals surface area contributed by atoms with Gasteiger partial charge in [0.1, 0.15) is 0 Å². The highest BCUT2D eigenvalue weighted by molar-refractivity contribution is 8.18. The molecule has 1 saturated heterocycles. The zero-order valence-corrected chi connectivity index (χ0v) is 10.1. The Hall–Kier alpha value is -1.81. The number of carbonyl (C=O) groups is 2. The molecular weight excluding hydrogens is 234 g/mol. The van der Waals surface area contributed by atoms with Gasteiger partial charge in [-0.25, -0.2) is 0 Å². The molecule has 1 aromatic carbocycles. The van der Waals surface area contributed by atoms with E-state index in [1.165, 1.54) is 5.56 Å². The molecule has 86 valence electrons. The number of hydrogen-bond acceptors (Lipinski definition) is 3. The second-order valence-corrected chi connectivity index (χ2v) is 4.66. The van der Waals surface area contributed by atoms with E-state index >= 15 is 0 Å². The van der Waals surface area contributed by atoms with Crippen LogP contribution in [0.1, 0.15) is 11.1 Å². The highest BCUT2D eigenvalue weighted by atomic mass is 32.2. The van der Waals surface area contributed by atoms with Crippen LogP contribution in [0.4, 0.5) is 4.79 Å². The minimum atomic E-state index is -0.325. The molecule has 1 heterocycles. The molecule has 3 nitrogen and oxygen atoms in total. The number of allylic oxidation sites excluding steroid dienone is 2. The third-order valence-electron chi connectivity index (χ3n) is 2.26. The number of nitrogens with one attached hydrogen (secondary N) is 1. The van der Waals surface area contributed by atoms with Gasteiger partial charge in [-0.2, -0.15) is 0 Å². The van der Waals surface area contributed by atoms with Crippen LogP contribution in [0.15, 0.2) is 41.3 Å². The minimum Gasteiger partial charge on any atom is -0.282 e. The van der Waals surface area contributed by atoms with Crippen molar-refractivity contribution in [1.82, 2.24) is 5.32 Å². The van der Waals surface area contributed by atoms with Gasteiger partial charge in [0.2, 0.25) is 0 Å². The Morgan fingerprint density at radius 1 is 1.18 bits per heavy atom. The molecule has 0 unspecified atom stereocenters. The third-order valence-corrected chi connectivity index (χ3v) is 3.08. The lowest BCUT2D eigenvalue weighted by Crippen LogP contribution is -2.17. The van der Waals surface area contributed by atoms with E-state index in [4.69, 9.17) is 0 Å². The fourth-order valence-electron chi connectivity index (χ4n) is 1.36. The van der Waals surface area contributed by atoms with E-state index in [1.54, 1.807) is 12.2 Å². The molecule has 2 rings (SSSR count). The largest absolute Gasteiger partial charge is 0.290 e. The Kier molecular flexibility index (Phi) is 3.44. The maximum atomic E-state index is 11.2. The van der Waals surface area contributed by atoms with Crippen LogP contribution in [0.25, 0.3) is 6.08 Å². The molecule has 1 aliphatic rings. The van der Waals surface area contributed by atoms with E-state index in [1.807, 2.05) is 37.3 Å². The number of carbonyl (C=O) groups excluding carboxylic acids is 2. The molecule has 1 aromatic rings. The van der Waals surface area contributed by atoms with Gasteiger partial charge in [-0.3, -0.25) is 14.9 Å². The molecule has 2 amide bonds. The molecule has 4 heteroatoms. The van der Waals surface area contributed by atoms with Gasteiger partial charge >= 0.3 is 0 Å². The monoisotopic (exact) mass is 245 g/mol. The van der Waals surface area contributed by atoms with E-state index in [0.29, 0.717) is 4.91 Å². The van der Waals surface area contributed by atoms with Crippen LogP contribution in [0.5, 0.6) is 0 Å². The summed E-state index contributed by atoms with van der Waals surface area (Å²) in [7, 11) is 0. The fraction of sp³-hybridized carbons (Fsp3) is 0.0769. The lowest BCUT2D eigenvalue weighted by Gasteiger charge is -1.93. The number of rotatable bonds is 2. The third kappa shape index (κ3) is 3.07. The summed E-state index contributed by atoms with van der Waals surface area (Å²) in [5, 5.41) is 1.89. The molecule has 0 bridgehead atoms. The molecule has 0 aliphatic carbocycles. The fourth-order valence-corrected chi connectivity index (χ4v) is 1.99. The number of thioether (sulfide) groups is 1. The average molecular weight is 245 g/mol. The van der Waals surface area contributed by atoms with Crippen molar-refractivity contribution in [1.29, 1.82) is 0 Å². The number of imide groups is 1. The van der Waals surface area contributed by atoms with Crippen LogP contribution in [0.3, 0.4) is 0 Å². The van der Waals surface area contributed by atoms with Gasteiger partial charge in [0.25, 0.3) is 11.1 Å². The number of hydrogen-bond donors (Lipinski definition) is 1. The molecule has 0 radical (unpaired) electrons. The van der Waals surface area contributed by atoms with Crippen LogP contribution < -0.4 is 5.32 Å².